The largest absolute Gasteiger partial charge is 0.507 e. The van der Waals surface area contributed by atoms with E-state index < -0.39 is 0 Å². The second-order valence-electron chi connectivity index (χ2n) is 7.22. The van der Waals surface area contributed by atoms with Gasteiger partial charge in [-0.3, -0.25) is 0 Å². The molecule has 0 heterocycles. The van der Waals surface area contributed by atoms with Crippen LogP contribution in [-0.4, -0.2) is 10.2 Å². The maximum absolute atomic E-state index is 10.7. The van der Waals surface area contributed by atoms with Gasteiger partial charge in [0.15, 0.2) is 0 Å². The molecule has 1 aliphatic rings. The van der Waals surface area contributed by atoms with Crippen LogP contribution in [0.1, 0.15) is 52.1 Å². The van der Waals surface area contributed by atoms with Crippen LogP contribution in [0.15, 0.2) is 36.4 Å². The van der Waals surface area contributed by atoms with Crippen LogP contribution in [0.5, 0.6) is 11.5 Å². The third-order valence-corrected chi connectivity index (χ3v) is 5.13. The predicted octanol–water partition coefficient (Wildman–Crippen LogP) is 5.43. The summed E-state index contributed by atoms with van der Waals surface area (Å²) in [6, 6.07) is 8.15. The van der Waals surface area contributed by atoms with Crippen molar-refractivity contribution in [3.05, 3.63) is 69.8 Å². The van der Waals surface area contributed by atoms with E-state index in [9.17, 15) is 10.2 Å². The number of rotatable bonds is 3. The van der Waals surface area contributed by atoms with Crippen LogP contribution < -0.4 is 0 Å². The Balaban J connectivity index is 2.23. The van der Waals surface area contributed by atoms with Crippen LogP contribution in [0, 0.1) is 33.6 Å². The smallest absolute Gasteiger partial charge is 0.122 e. The summed E-state index contributed by atoms with van der Waals surface area (Å²) < 4.78 is 0. The number of aryl methyl sites for hydroxylation is 4. The Kier molecular flexibility index (Phi) is 4.40. The molecule has 0 bridgehead atoms. The Hall–Kier alpha value is -2.22. The monoisotopic (exact) mass is 322 g/mol. The molecule has 2 nitrogen and oxygen atoms in total. The molecule has 0 aliphatic heterocycles. The quantitative estimate of drug-likeness (QED) is 0.740. The Bertz CT molecular complexity index is 737. The van der Waals surface area contributed by atoms with E-state index in [1.807, 2.05) is 26.0 Å². The summed E-state index contributed by atoms with van der Waals surface area (Å²) in [6.45, 7) is 8.00. The Morgan fingerprint density at radius 2 is 1.17 bits per heavy atom. The summed E-state index contributed by atoms with van der Waals surface area (Å²) in [4.78, 5) is 0. The molecule has 2 heteroatoms. The molecule has 0 radical (unpaired) electrons. The fraction of sp³-hybridized carbons (Fsp3) is 0.364. The van der Waals surface area contributed by atoms with Crippen molar-refractivity contribution in [1.82, 2.24) is 0 Å². The first kappa shape index (κ1) is 16.6. The summed E-state index contributed by atoms with van der Waals surface area (Å²) in [6.07, 6.45) is 6.36. The molecular weight excluding hydrogens is 296 g/mol. The molecule has 0 atom stereocenters. The molecule has 0 spiro atoms. The zero-order valence-electron chi connectivity index (χ0n) is 14.9. The molecule has 0 aromatic heterocycles. The average molecular weight is 322 g/mol. The topological polar surface area (TPSA) is 40.5 Å². The number of aromatic hydroxyl groups is 2. The van der Waals surface area contributed by atoms with Gasteiger partial charge in [0.25, 0.3) is 0 Å². The first-order valence-electron chi connectivity index (χ1n) is 8.63. The fourth-order valence-electron chi connectivity index (χ4n) is 4.05. The molecule has 126 valence electrons. The molecule has 0 amide bonds. The summed E-state index contributed by atoms with van der Waals surface area (Å²) in [5.74, 6) is 1.08. The summed E-state index contributed by atoms with van der Waals surface area (Å²) >= 11 is 0. The second kappa shape index (κ2) is 6.35. The van der Waals surface area contributed by atoms with Gasteiger partial charge in [-0.1, -0.05) is 47.5 Å². The first-order chi connectivity index (χ1) is 11.4. The zero-order valence-corrected chi connectivity index (χ0v) is 14.9. The van der Waals surface area contributed by atoms with Gasteiger partial charge < -0.3 is 10.2 Å². The lowest BCUT2D eigenvalue weighted by molar-refractivity contribution is 0.418. The van der Waals surface area contributed by atoms with Crippen LogP contribution in [0.3, 0.4) is 0 Å². The van der Waals surface area contributed by atoms with Crippen LogP contribution in [0.25, 0.3) is 0 Å². The highest BCUT2D eigenvalue weighted by atomic mass is 16.3. The summed E-state index contributed by atoms with van der Waals surface area (Å²) in [7, 11) is 0. The molecule has 24 heavy (non-hydrogen) atoms. The Labute approximate surface area is 144 Å². The molecule has 2 aromatic rings. The van der Waals surface area contributed by atoms with Crippen LogP contribution in [-0.2, 0) is 0 Å². The van der Waals surface area contributed by atoms with E-state index in [1.54, 1.807) is 0 Å². The number of phenolic OH excluding ortho intramolecular Hbond substituents is 2. The van der Waals surface area contributed by atoms with Crippen molar-refractivity contribution >= 4 is 0 Å². The van der Waals surface area contributed by atoms with Gasteiger partial charge in [-0.25, -0.2) is 0 Å². The number of phenols is 2. The van der Waals surface area contributed by atoms with Gasteiger partial charge in [-0.15, -0.1) is 0 Å². The lowest BCUT2D eigenvalue weighted by atomic mass is 9.77. The maximum Gasteiger partial charge on any atom is 0.122 e. The van der Waals surface area contributed by atoms with Crippen molar-refractivity contribution in [1.29, 1.82) is 0 Å². The Morgan fingerprint density at radius 3 is 1.58 bits per heavy atom. The molecule has 2 N–H and O–H groups in total. The number of allylic oxidation sites excluding steroid dienone is 2. The van der Waals surface area contributed by atoms with Crippen LogP contribution in [0.4, 0.5) is 0 Å². The normalized spacial score (nSPS) is 14.7. The third-order valence-electron chi connectivity index (χ3n) is 5.13. The summed E-state index contributed by atoms with van der Waals surface area (Å²) in [5.41, 5.74) is 5.93. The van der Waals surface area contributed by atoms with Crippen molar-refractivity contribution in [2.75, 3.05) is 0 Å². The van der Waals surface area contributed by atoms with Gasteiger partial charge in [-0.2, -0.15) is 0 Å². The molecule has 0 saturated carbocycles. The lowest BCUT2D eigenvalue weighted by Crippen LogP contribution is -2.14. The van der Waals surface area contributed by atoms with E-state index in [2.05, 4.69) is 38.1 Å². The molecule has 0 fully saturated rings. The minimum absolute atomic E-state index is 0.00259. The van der Waals surface area contributed by atoms with Crippen molar-refractivity contribution in [3.63, 3.8) is 0 Å². The second-order valence-corrected chi connectivity index (χ2v) is 7.22. The fourth-order valence-corrected chi connectivity index (χ4v) is 4.05. The van der Waals surface area contributed by atoms with E-state index in [0.29, 0.717) is 17.4 Å². The average Bonchev–Trinajstić information content (AvgIpc) is 3.03. The third kappa shape index (κ3) is 2.93. The highest BCUT2D eigenvalue weighted by Gasteiger charge is 2.31. The van der Waals surface area contributed by atoms with Crippen LogP contribution >= 0.6 is 0 Å². The van der Waals surface area contributed by atoms with E-state index in [0.717, 1.165) is 46.2 Å². The first-order valence-corrected chi connectivity index (χ1v) is 8.63. The standard InChI is InChI=1S/C22H26O2/c1-13-9-15(3)21(23)18(11-13)20(17-7-5-6-8-17)19-12-14(2)10-16(4)22(19)24/h5-6,9-12,17,20,23-24H,7-8H2,1-4H3. The van der Waals surface area contributed by atoms with Gasteiger partial charge in [0, 0.05) is 17.0 Å². The molecule has 0 saturated heterocycles. The van der Waals surface area contributed by atoms with Gasteiger partial charge in [0.2, 0.25) is 0 Å². The van der Waals surface area contributed by atoms with Crippen LogP contribution in [0.2, 0.25) is 0 Å². The summed E-state index contributed by atoms with van der Waals surface area (Å²) in [5, 5.41) is 21.5. The molecule has 0 unspecified atom stereocenters. The zero-order chi connectivity index (χ0) is 17.4. The van der Waals surface area contributed by atoms with Crippen molar-refractivity contribution in [3.8, 4) is 11.5 Å². The molecule has 1 aliphatic carbocycles. The Morgan fingerprint density at radius 1 is 0.750 bits per heavy atom. The predicted molar refractivity (Wildman–Crippen MR) is 98.9 cm³/mol. The van der Waals surface area contributed by atoms with E-state index in [4.69, 9.17) is 0 Å². The number of hydrogen-bond acceptors (Lipinski definition) is 2. The van der Waals surface area contributed by atoms with Gasteiger partial charge in [0.1, 0.15) is 11.5 Å². The lowest BCUT2D eigenvalue weighted by Gasteiger charge is -2.28. The van der Waals surface area contributed by atoms with Crippen molar-refractivity contribution < 1.29 is 10.2 Å². The van der Waals surface area contributed by atoms with E-state index >= 15 is 0 Å². The van der Waals surface area contributed by atoms with E-state index in [1.165, 1.54) is 0 Å². The van der Waals surface area contributed by atoms with Crippen molar-refractivity contribution in [2.24, 2.45) is 5.92 Å². The minimum Gasteiger partial charge on any atom is -0.507 e. The maximum atomic E-state index is 10.7. The SMILES string of the molecule is Cc1cc(C)c(O)c(C(c2cc(C)cc(C)c2O)C2CC=CC2)c1. The highest BCUT2D eigenvalue weighted by Crippen LogP contribution is 2.46. The van der Waals surface area contributed by atoms with Gasteiger partial charge >= 0.3 is 0 Å². The number of benzene rings is 2. The van der Waals surface area contributed by atoms with Crippen molar-refractivity contribution in [2.45, 2.75) is 46.5 Å². The van der Waals surface area contributed by atoms with E-state index in [-0.39, 0.29) is 5.92 Å². The molecule has 3 rings (SSSR count). The van der Waals surface area contributed by atoms with Gasteiger partial charge in [0.05, 0.1) is 0 Å². The molecule has 2 aromatic carbocycles. The van der Waals surface area contributed by atoms with Gasteiger partial charge in [-0.05, 0) is 57.6 Å². The molecular formula is C22H26O2. The highest BCUT2D eigenvalue weighted by molar-refractivity contribution is 5.54. The number of hydrogen-bond donors (Lipinski definition) is 2. The minimum atomic E-state index is -0.00259.